The molecular formula is C57H110O3. The highest BCUT2D eigenvalue weighted by atomic mass is 16.4. The Morgan fingerprint density at radius 2 is 0.433 bits per heavy atom. The first-order valence-corrected chi connectivity index (χ1v) is 27.5. The number of rotatable bonds is 50. The van der Waals surface area contributed by atoms with Crippen molar-refractivity contribution in [1.82, 2.24) is 0 Å². The van der Waals surface area contributed by atoms with Gasteiger partial charge >= 0.3 is 0 Å². The van der Waals surface area contributed by atoms with Gasteiger partial charge in [0, 0.05) is 0 Å². The highest BCUT2D eigenvalue weighted by Crippen LogP contribution is 2.37. The van der Waals surface area contributed by atoms with E-state index in [1.807, 2.05) is 0 Å². The molecule has 0 aliphatic rings. The summed E-state index contributed by atoms with van der Waals surface area (Å²) in [6, 6.07) is 0. The highest BCUT2D eigenvalue weighted by Gasteiger charge is 2.47. The molecule has 0 aliphatic carbocycles. The number of hydrogen-bond acceptors (Lipinski definition) is 3. The molecule has 0 amide bonds. The van der Waals surface area contributed by atoms with Crippen LogP contribution in [0.15, 0.2) is 36.5 Å². The lowest BCUT2D eigenvalue weighted by Gasteiger charge is -2.43. The third kappa shape index (κ3) is 38.7. The van der Waals surface area contributed by atoms with E-state index in [2.05, 4.69) is 57.2 Å². The third-order valence-electron chi connectivity index (χ3n) is 13.4. The molecule has 3 heteroatoms. The fourth-order valence-electron chi connectivity index (χ4n) is 9.04. The molecule has 1 unspecified atom stereocenters. The van der Waals surface area contributed by atoms with Crippen LogP contribution in [0.25, 0.3) is 0 Å². The fraction of sp³-hybridized carbons (Fsp3) is 0.895. The zero-order chi connectivity index (χ0) is 43.8. The lowest BCUT2D eigenvalue weighted by Crippen LogP contribution is -2.56. The molecule has 1 atom stereocenters. The molecule has 0 fully saturated rings. The first-order chi connectivity index (χ1) is 29.5. The topological polar surface area (TPSA) is 60.7 Å². The smallest absolute Gasteiger partial charge is 0.116 e. The van der Waals surface area contributed by atoms with Crippen LogP contribution < -0.4 is 0 Å². The van der Waals surface area contributed by atoms with Gasteiger partial charge < -0.3 is 15.3 Å². The van der Waals surface area contributed by atoms with Crippen molar-refractivity contribution >= 4 is 0 Å². The molecular weight excluding hydrogens is 733 g/mol. The Morgan fingerprint density at radius 3 is 0.650 bits per heavy atom. The molecule has 0 heterocycles. The van der Waals surface area contributed by atoms with E-state index in [0.29, 0.717) is 19.3 Å². The summed E-state index contributed by atoms with van der Waals surface area (Å²) in [5, 5.41) is 34.6. The number of allylic oxidation sites excluding steroid dienone is 6. The van der Waals surface area contributed by atoms with E-state index in [1.165, 1.54) is 231 Å². The van der Waals surface area contributed by atoms with E-state index < -0.39 is 11.2 Å². The zero-order valence-electron chi connectivity index (χ0n) is 41.3. The molecule has 0 saturated carbocycles. The summed E-state index contributed by atoms with van der Waals surface area (Å²) >= 11 is 0. The zero-order valence-corrected chi connectivity index (χ0v) is 41.3. The number of aliphatic hydroxyl groups is 3. The van der Waals surface area contributed by atoms with Gasteiger partial charge in [-0.15, -0.1) is 0 Å². The first-order valence-electron chi connectivity index (χ1n) is 27.5. The maximum Gasteiger partial charge on any atom is 0.116 e. The Kier molecular flexibility index (Phi) is 46.9. The minimum atomic E-state index is -1.41. The predicted molar refractivity (Wildman–Crippen MR) is 269 cm³/mol. The quantitative estimate of drug-likeness (QED) is 0.0422. The average Bonchev–Trinajstić information content (AvgIpc) is 3.25. The summed E-state index contributed by atoms with van der Waals surface area (Å²) < 4.78 is 0. The average molecular weight is 844 g/mol. The molecule has 0 saturated heterocycles. The maximum absolute atomic E-state index is 12.2. The van der Waals surface area contributed by atoms with Gasteiger partial charge in [-0.25, -0.2) is 0 Å². The van der Waals surface area contributed by atoms with Crippen LogP contribution in [0.4, 0.5) is 0 Å². The van der Waals surface area contributed by atoms with E-state index in [9.17, 15) is 15.3 Å². The third-order valence-corrected chi connectivity index (χ3v) is 13.4. The van der Waals surface area contributed by atoms with Crippen LogP contribution in [0.3, 0.4) is 0 Å². The second-order valence-corrected chi connectivity index (χ2v) is 19.3. The standard InChI is InChI=1S/C57H110O3/c1-4-7-10-13-16-19-22-25-28-31-34-37-40-43-46-49-52-56(59,53-50-47-44-41-38-35-32-29-26-23-20-17-14-11-8-5-2)57(60,55-58)54-51-48-45-42-39-36-33-30-27-24-21-18-15-12-9-6-3/h25-30,58-60H,4-24,31-55H2,1-3H3. The van der Waals surface area contributed by atoms with Gasteiger partial charge in [0.05, 0.1) is 12.2 Å². The molecule has 0 rings (SSSR count). The molecule has 0 spiro atoms. The molecule has 0 aromatic heterocycles. The van der Waals surface area contributed by atoms with Gasteiger partial charge in [0.2, 0.25) is 0 Å². The summed E-state index contributed by atoms with van der Waals surface area (Å²) in [7, 11) is 0. The van der Waals surface area contributed by atoms with E-state index in [0.717, 1.165) is 38.5 Å². The fourth-order valence-corrected chi connectivity index (χ4v) is 9.04. The minimum absolute atomic E-state index is 0.340. The van der Waals surface area contributed by atoms with Crippen molar-refractivity contribution in [3.05, 3.63) is 36.5 Å². The van der Waals surface area contributed by atoms with E-state index >= 15 is 0 Å². The van der Waals surface area contributed by atoms with Crippen LogP contribution in [0.5, 0.6) is 0 Å². The van der Waals surface area contributed by atoms with Crippen molar-refractivity contribution in [1.29, 1.82) is 0 Å². The van der Waals surface area contributed by atoms with Gasteiger partial charge in [0.1, 0.15) is 5.60 Å². The Labute approximate surface area is 377 Å². The molecule has 0 radical (unpaired) electrons. The van der Waals surface area contributed by atoms with Crippen LogP contribution in [-0.2, 0) is 0 Å². The van der Waals surface area contributed by atoms with Crippen LogP contribution in [0.1, 0.15) is 310 Å². The molecule has 3 N–H and O–H groups in total. The van der Waals surface area contributed by atoms with Crippen LogP contribution in [0, 0.1) is 0 Å². The van der Waals surface area contributed by atoms with Crippen molar-refractivity contribution in [2.24, 2.45) is 0 Å². The second kappa shape index (κ2) is 47.6. The van der Waals surface area contributed by atoms with Crippen molar-refractivity contribution in [3.8, 4) is 0 Å². The van der Waals surface area contributed by atoms with E-state index in [4.69, 9.17) is 0 Å². The molecule has 60 heavy (non-hydrogen) atoms. The summed E-state index contributed by atoms with van der Waals surface area (Å²) in [4.78, 5) is 0. The number of unbranched alkanes of at least 4 members (excludes halogenated alkanes) is 36. The van der Waals surface area contributed by atoms with E-state index in [1.54, 1.807) is 0 Å². The molecule has 3 nitrogen and oxygen atoms in total. The molecule has 0 bridgehead atoms. The lowest BCUT2D eigenvalue weighted by atomic mass is 9.73. The Morgan fingerprint density at radius 1 is 0.250 bits per heavy atom. The van der Waals surface area contributed by atoms with Gasteiger partial charge in [0.25, 0.3) is 0 Å². The van der Waals surface area contributed by atoms with Crippen molar-refractivity contribution < 1.29 is 15.3 Å². The molecule has 0 aromatic carbocycles. The lowest BCUT2D eigenvalue weighted by molar-refractivity contribution is -0.185. The largest absolute Gasteiger partial charge is 0.393 e. The molecule has 0 aliphatic heterocycles. The van der Waals surface area contributed by atoms with Crippen molar-refractivity contribution in [3.63, 3.8) is 0 Å². The van der Waals surface area contributed by atoms with Gasteiger partial charge in [-0.1, -0.05) is 250 Å². The number of aliphatic hydroxyl groups excluding tert-OH is 1. The minimum Gasteiger partial charge on any atom is -0.393 e. The highest BCUT2D eigenvalue weighted by molar-refractivity contribution is 4.99. The number of hydrogen-bond donors (Lipinski definition) is 3. The van der Waals surface area contributed by atoms with E-state index in [-0.39, 0.29) is 6.61 Å². The molecule has 356 valence electrons. The normalized spacial score (nSPS) is 14.3. The van der Waals surface area contributed by atoms with Crippen LogP contribution in [-0.4, -0.2) is 33.1 Å². The first kappa shape index (κ1) is 59.1. The predicted octanol–water partition coefficient (Wildman–Crippen LogP) is 18.7. The SMILES string of the molecule is CCCCCCCCC=CCCCCCCCCC(O)(CO)C(O)(CCCCCCCCC=CCCCCCCCC)CCCCCCCCC=CCCCCCCCC. The maximum atomic E-state index is 12.2. The van der Waals surface area contributed by atoms with Crippen LogP contribution >= 0.6 is 0 Å². The van der Waals surface area contributed by atoms with Crippen LogP contribution in [0.2, 0.25) is 0 Å². The van der Waals surface area contributed by atoms with Gasteiger partial charge in [-0.3, -0.25) is 0 Å². The van der Waals surface area contributed by atoms with Gasteiger partial charge in [-0.2, -0.15) is 0 Å². The Bertz CT molecular complexity index is 865. The van der Waals surface area contributed by atoms with Gasteiger partial charge in [-0.05, 0) is 96.3 Å². The Hall–Kier alpha value is -0.900. The molecule has 0 aromatic rings. The second-order valence-electron chi connectivity index (χ2n) is 19.3. The summed E-state index contributed by atoms with van der Waals surface area (Å²) in [5.74, 6) is 0. The summed E-state index contributed by atoms with van der Waals surface area (Å²) in [6.07, 6.45) is 69.0. The van der Waals surface area contributed by atoms with Crippen molar-refractivity contribution in [2.45, 2.75) is 321 Å². The summed E-state index contributed by atoms with van der Waals surface area (Å²) in [5.41, 5.74) is -2.61. The Balaban J connectivity index is 4.56. The monoisotopic (exact) mass is 843 g/mol. The van der Waals surface area contributed by atoms with Crippen molar-refractivity contribution in [2.75, 3.05) is 6.61 Å². The summed E-state index contributed by atoms with van der Waals surface area (Å²) in [6.45, 7) is 6.51. The van der Waals surface area contributed by atoms with Gasteiger partial charge in [0.15, 0.2) is 0 Å².